The summed E-state index contributed by atoms with van der Waals surface area (Å²) in [6.07, 6.45) is 11.0. The Morgan fingerprint density at radius 3 is 2.62 bits per heavy atom. The minimum absolute atomic E-state index is 0.251. The summed E-state index contributed by atoms with van der Waals surface area (Å²) in [4.78, 5) is 10.5. The normalized spacial score (nSPS) is 11.3. The Morgan fingerprint density at radius 2 is 1.86 bits per heavy atom. The van der Waals surface area contributed by atoms with Gasteiger partial charge in [-0.1, -0.05) is 48.6 Å². The molecule has 3 nitrogen and oxygen atoms in total. The molecule has 114 valence electrons. The summed E-state index contributed by atoms with van der Waals surface area (Å²) in [5.74, 6) is -0.251. The lowest BCUT2D eigenvalue weighted by Gasteiger charge is -2.03. The van der Waals surface area contributed by atoms with Crippen LogP contribution in [-0.4, -0.2) is 19.2 Å². The molecule has 0 radical (unpaired) electrons. The van der Waals surface area contributed by atoms with Gasteiger partial charge in [0.2, 0.25) is 0 Å². The molecule has 0 aromatic heterocycles. The first kappa shape index (κ1) is 17.2. The fourth-order valence-corrected chi connectivity index (χ4v) is 1.70. The number of esters is 1. The molecular weight excluding hydrogens is 264 g/mol. The standard InChI is InChI=1S/C18H24O3/c1-17(19)21-15-11-6-4-2-3-5-10-14-20-16-18-12-8-7-9-13-18/h2,4,6-9,11-13H,3,5,10,14-16H2,1H3/b4-2-,11-6+. The van der Waals surface area contributed by atoms with Gasteiger partial charge in [-0.2, -0.15) is 0 Å². The topological polar surface area (TPSA) is 35.5 Å². The number of rotatable bonds is 10. The Bertz CT molecular complexity index is 435. The number of ether oxygens (including phenoxy) is 2. The highest BCUT2D eigenvalue weighted by atomic mass is 16.5. The van der Waals surface area contributed by atoms with Crippen LogP contribution in [0.1, 0.15) is 31.7 Å². The van der Waals surface area contributed by atoms with E-state index >= 15 is 0 Å². The van der Waals surface area contributed by atoms with E-state index in [9.17, 15) is 4.79 Å². The average Bonchev–Trinajstić information content (AvgIpc) is 2.49. The van der Waals surface area contributed by atoms with Crippen molar-refractivity contribution in [3.05, 3.63) is 60.2 Å². The van der Waals surface area contributed by atoms with Gasteiger partial charge in [-0.05, 0) is 30.9 Å². The monoisotopic (exact) mass is 288 g/mol. The zero-order chi connectivity index (χ0) is 15.2. The van der Waals surface area contributed by atoms with Gasteiger partial charge in [-0.15, -0.1) is 0 Å². The van der Waals surface area contributed by atoms with Crippen molar-refractivity contribution in [2.24, 2.45) is 0 Å². The Morgan fingerprint density at radius 1 is 1.10 bits per heavy atom. The van der Waals surface area contributed by atoms with Gasteiger partial charge < -0.3 is 9.47 Å². The van der Waals surface area contributed by atoms with Crippen LogP contribution in [0.2, 0.25) is 0 Å². The molecule has 3 heteroatoms. The number of hydrogen-bond acceptors (Lipinski definition) is 3. The first-order valence-electron chi connectivity index (χ1n) is 7.36. The second-order valence-electron chi connectivity index (χ2n) is 4.69. The van der Waals surface area contributed by atoms with Crippen LogP contribution >= 0.6 is 0 Å². The second kappa shape index (κ2) is 11.9. The molecule has 1 aromatic carbocycles. The van der Waals surface area contributed by atoms with E-state index in [0.717, 1.165) is 25.9 Å². The molecule has 0 amide bonds. The van der Waals surface area contributed by atoms with E-state index in [2.05, 4.69) is 18.2 Å². The molecule has 0 saturated heterocycles. The molecule has 0 aliphatic heterocycles. The molecule has 0 unspecified atom stereocenters. The van der Waals surface area contributed by atoms with Crippen molar-refractivity contribution in [3.8, 4) is 0 Å². The zero-order valence-corrected chi connectivity index (χ0v) is 12.7. The van der Waals surface area contributed by atoms with Gasteiger partial charge >= 0.3 is 5.97 Å². The lowest BCUT2D eigenvalue weighted by atomic mass is 10.2. The van der Waals surface area contributed by atoms with Crippen LogP contribution in [0.4, 0.5) is 0 Å². The fourth-order valence-electron chi connectivity index (χ4n) is 1.70. The summed E-state index contributed by atoms with van der Waals surface area (Å²) >= 11 is 0. The highest BCUT2D eigenvalue weighted by Gasteiger charge is 1.91. The minimum Gasteiger partial charge on any atom is -0.462 e. The van der Waals surface area contributed by atoms with E-state index in [1.54, 1.807) is 0 Å². The molecule has 0 bridgehead atoms. The van der Waals surface area contributed by atoms with Crippen LogP contribution in [-0.2, 0) is 20.9 Å². The fraction of sp³-hybridized carbons (Fsp3) is 0.389. The van der Waals surface area contributed by atoms with Crippen LogP contribution < -0.4 is 0 Å². The Balaban J connectivity index is 1.91. The van der Waals surface area contributed by atoms with E-state index < -0.39 is 0 Å². The van der Waals surface area contributed by atoms with Crippen molar-refractivity contribution < 1.29 is 14.3 Å². The molecule has 0 aliphatic carbocycles. The maximum Gasteiger partial charge on any atom is 0.302 e. The van der Waals surface area contributed by atoms with Gasteiger partial charge in [-0.3, -0.25) is 4.79 Å². The van der Waals surface area contributed by atoms with Crippen LogP contribution in [0.25, 0.3) is 0 Å². The lowest BCUT2D eigenvalue weighted by molar-refractivity contribution is -0.139. The van der Waals surface area contributed by atoms with E-state index in [4.69, 9.17) is 9.47 Å². The summed E-state index contributed by atoms with van der Waals surface area (Å²) in [6.45, 7) is 3.23. The van der Waals surface area contributed by atoms with Crippen LogP contribution in [0.3, 0.4) is 0 Å². The van der Waals surface area contributed by atoms with Crippen molar-refractivity contribution in [3.63, 3.8) is 0 Å². The third-order valence-corrected chi connectivity index (χ3v) is 2.79. The molecule has 0 fully saturated rings. The highest BCUT2D eigenvalue weighted by molar-refractivity contribution is 5.65. The van der Waals surface area contributed by atoms with Crippen LogP contribution in [0, 0.1) is 0 Å². The predicted molar refractivity (Wildman–Crippen MR) is 84.9 cm³/mol. The molecule has 0 heterocycles. The summed E-state index contributed by atoms with van der Waals surface area (Å²) < 4.78 is 10.4. The summed E-state index contributed by atoms with van der Waals surface area (Å²) in [6, 6.07) is 10.2. The zero-order valence-electron chi connectivity index (χ0n) is 12.7. The van der Waals surface area contributed by atoms with Crippen molar-refractivity contribution in [2.75, 3.05) is 13.2 Å². The van der Waals surface area contributed by atoms with Gasteiger partial charge in [0.05, 0.1) is 6.61 Å². The SMILES string of the molecule is CC(=O)OC/C=C/C=C\CCCCOCc1ccccc1. The summed E-state index contributed by atoms with van der Waals surface area (Å²) in [5, 5.41) is 0. The van der Waals surface area contributed by atoms with E-state index in [-0.39, 0.29) is 5.97 Å². The molecule has 1 rings (SSSR count). The molecule has 0 N–H and O–H groups in total. The quantitative estimate of drug-likeness (QED) is 0.370. The summed E-state index contributed by atoms with van der Waals surface area (Å²) in [5.41, 5.74) is 1.22. The molecule has 0 spiro atoms. The number of carbonyl (C=O) groups is 1. The van der Waals surface area contributed by atoms with Crippen LogP contribution in [0.15, 0.2) is 54.6 Å². The molecular formula is C18H24O3. The van der Waals surface area contributed by atoms with Crippen molar-refractivity contribution in [1.82, 2.24) is 0 Å². The number of carbonyl (C=O) groups excluding carboxylic acids is 1. The molecule has 0 atom stereocenters. The highest BCUT2D eigenvalue weighted by Crippen LogP contribution is 2.03. The van der Waals surface area contributed by atoms with Gasteiger partial charge in [0, 0.05) is 13.5 Å². The van der Waals surface area contributed by atoms with Crippen molar-refractivity contribution in [2.45, 2.75) is 32.8 Å². The van der Waals surface area contributed by atoms with E-state index in [1.807, 2.05) is 36.4 Å². The first-order chi connectivity index (χ1) is 10.3. The molecule has 1 aromatic rings. The van der Waals surface area contributed by atoms with Crippen LogP contribution in [0.5, 0.6) is 0 Å². The third kappa shape index (κ3) is 10.6. The van der Waals surface area contributed by atoms with E-state index in [0.29, 0.717) is 13.2 Å². The lowest BCUT2D eigenvalue weighted by Crippen LogP contribution is -1.96. The first-order valence-corrected chi connectivity index (χ1v) is 7.36. The van der Waals surface area contributed by atoms with Crippen molar-refractivity contribution in [1.29, 1.82) is 0 Å². The van der Waals surface area contributed by atoms with Gasteiger partial charge in [0.15, 0.2) is 0 Å². The van der Waals surface area contributed by atoms with Gasteiger partial charge in [0.1, 0.15) is 6.61 Å². The predicted octanol–water partition coefficient (Wildman–Crippen LogP) is 4.05. The molecule has 0 saturated carbocycles. The van der Waals surface area contributed by atoms with Gasteiger partial charge in [-0.25, -0.2) is 0 Å². The maximum atomic E-state index is 10.5. The largest absolute Gasteiger partial charge is 0.462 e. The third-order valence-electron chi connectivity index (χ3n) is 2.79. The summed E-state index contributed by atoms with van der Waals surface area (Å²) in [7, 11) is 0. The molecule has 21 heavy (non-hydrogen) atoms. The number of allylic oxidation sites excluding steroid dienone is 3. The average molecular weight is 288 g/mol. The maximum absolute atomic E-state index is 10.5. The number of unbranched alkanes of at least 4 members (excludes halogenated alkanes) is 2. The number of hydrogen-bond donors (Lipinski definition) is 0. The Kier molecular flexibility index (Phi) is 9.75. The Hall–Kier alpha value is -1.87. The van der Waals surface area contributed by atoms with Gasteiger partial charge in [0.25, 0.3) is 0 Å². The van der Waals surface area contributed by atoms with Crippen molar-refractivity contribution >= 4 is 5.97 Å². The second-order valence-corrected chi connectivity index (χ2v) is 4.69. The smallest absolute Gasteiger partial charge is 0.302 e. The minimum atomic E-state index is -0.251. The molecule has 0 aliphatic rings. The van der Waals surface area contributed by atoms with E-state index in [1.165, 1.54) is 12.5 Å². The number of benzene rings is 1. The Labute approximate surface area is 127 Å².